The second-order valence-electron chi connectivity index (χ2n) is 3.28. The molecule has 0 amide bonds. The van der Waals surface area contributed by atoms with Crippen LogP contribution in [0.3, 0.4) is 0 Å². The zero-order chi connectivity index (χ0) is 14.8. The van der Waals surface area contributed by atoms with Gasteiger partial charge in [0.1, 0.15) is 11.3 Å². The van der Waals surface area contributed by atoms with Gasteiger partial charge in [0, 0.05) is 5.56 Å². The lowest BCUT2D eigenvalue weighted by molar-refractivity contribution is -0.141. The van der Waals surface area contributed by atoms with E-state index in [0.29, 0.717) is 0 Å². The molecule has 0 radical (unpaired) electrons. The maximum atomic E-state index is 13.3. The number of rotatable bonds is 3. The molecule has 0 unspecified atom stereocenters. The Morgan fingerprint density at radius 2 is 2.00 bits per heavy atom. The van der Waals surface area contributed by atoms with Crippen LogP contribution < -0.4 is 0 Å². The third kappa shape index (κ3) is 3.36. The van der Waals surface area contributed by atoms with Crippen molar-refractivity contribution >= 4 is 5.97 Å². The van der Waals surface area contributed by atoms with E-state index in [4.69, 9.17) is 0 Å². The number of halogens is 6. The lowest BCUT2D eigenvalue weighted by Crippen LogP contribution is -2.17. The van der Waals surface area contributed by atoms with E-state index in [2.05, 4.69) is 9.72 Å². The summed E-state index contributed by atoms with van der Waals surface area (Å²) in [5.41, 5.74) is -4.53. The molecule has 0 aliphatic carbocycles. The Kier molecular flexibility index (Phi) is 4.38. The highest BCUT2D eigenvalue weighted by molar-refractivity contribution is 5.91. The minimum absolute atomic E-state index is 0.0694. The summed E-state index contributed by atoms with van der Waals surface area (Å²) in [5, 5.41) is 0. The molecule has 0 spiro atoms. The van der Waals surface area contributed by atoms with E-state index < -0.39 is 41.3 Å². The molecule has 106 valence electrons. The molecule has 1 aromatic heterocycles. The molecule has 0 saturated heterocycles. The van der Waals surface area contributed by atoms with E-state index in [9.17, 15) is 31.1 Å². The molecule has 19 heavy (non-hydrogen) atoms. The number of esters is 1. The Hall–Kier alpha value is -1.80. The summed E-state index contributed by atoms with van der Waals surface area (Å²) in [6, 6.07) is -0.0694. The van der Waals surface area contributed by atoms with E-state index in [1.54, 1.807) is 0 Å². The highest BCUT2D eigenvalue weighted by Crippen LogP contribution is 2.33. The molecule has 3 nitrogen and oxygen atoms in total. The van der Waals surface area contributed by atoms with Crippen molar-refractivity contribution in [1.29, 1.82) is 0 Å². The van der Waals surface area contributed by atoms with Gasteiger partial charge in [0.2, 0.25) is 5.95 Å². The van der Waals surface area contributed by atoms with Gasteiger partial charge in [0.15, 0.2) is 0 Å². The minimum Gasteiger partial charge on any atom is -0.462 e. The van der Waals surface area contributed by atoms with Crippen molar-refractivity contribution in [2.45, 2.75) is 19.5 Å². The summed E-state index contributed by atoms with van der Waals surface area (Å²) in [6.45, 7) is 1.08. The minimum atomic E-state index is -5.10. The van der Waals surface area contributed by atoms with Gasteiger partial charge in [-0.3, -0.25) is 0 Å². The number of carbonyl (C=O) groups is 1. The number of pyridine rings is 1. The third-order valence-electron chi connectivity index (χ3n) is 2.01. The number of nitrogens with zero attached hydrogens (tertiary/aromatic N) is 1. The van der Waals surface area contributed by atoms with E-state index >= 15 is 0 Å². The van der Waals surface area contributed by atoms with Crippen molar-refractivity contribution in [1.82, 2.24) is 4.98 Å². The monoisotopic (exact) mass is 287 g/mol. The largest absolute Gasteiger partial charge is 0.462 e. The van der Waals surface area contributed by atoms with Crippen LogP contribution in [0.5, 0.6) is 0 Å². The van der Waals surface area contributed by atoms with Crippen LogP contribution in [0.1, 0.15) is 35.0 Å². The predicted molar refractivity (Wildman–Crippen MR) is 50.1 cm³/mol. The number of carbonyl (C=O) groups excluding carboxylic acids is 1. The molecule has 9 heteroatoms. The van der Waals surface area contributed by atoms with E-state index in [1.165, 1.54) is 6.92 Å². The molecular weight excluding hydrogens is 280 g/mol. The van der Waals surface area contributed by atoms with Gasteiger partial charge < -0.3 is 4.74 Å². The van der Waals surface area contributed by atoms with Crippen LogP contribution in [0.2, 0.25) is 0 Å². The quantitative estimate of drug-likeness (QED) is 0.486. The Balaban J connectivity index is 3.44. The second kappa shape index (κ2) is 5.45. The van der Waals surface area contributed by atoms with Crippen LogP contribution in [0, 0.1) is 5.95 Å². The highest BCUT2D eigenvalue weighted by Gasteiger charge is 2.37. The van der Waals surface area contributed by atoms with Crippen molar-refractivity contribution in [2.75, 3.05) is 6.61 Å². The van der Waals surface area contributed by atoms with E-state index in [0.717, 1.165) is 0 Å². The van der Waals surface area contributed by atoms with Gasteiger partial charge >= 0.3 is 12.1 Å². The number of hydrogen-bond donors (Lipinski definition) is 0. The lowest BCUT2D eigenvalue weighted by Gasteiger charge is -2.12. The van der Waals surface area contributed by atoms with Crippen LogP contribution in [-0.2, 0) is 10.9 Å². The summed E-state index contributed by atoms with van der Waals surface area (Å²) in [6.07, 6.45) is -8.57. The van der Waals surface area contributed by atoms with Crippen LogP contribution >= 0.6 is 0 Å². The first-order valence-electron chi connectivity index (χ1n) is 4.91. The van der Waals surface area contributed by atoms with Crippen LogP contribution in [0.4, 0.5) is 26.3 Å². The number of hydrogen-bond acceptors (Lipinski definition) is 3. The third-order valence-corrected chi connectivity index (χ3v) is 2.01. The summed E-state index contributed by atoms with van der Waals surface area (Å²) in [7, 11) is 0. The van der Waals surface area contributed by atoms with Crippen molar-refractivity contribution in [2.24, 2.45) is 0 Å². The van der Waals surface area contributed by atoms with Gasteiger partial charge in [-0.25, -0.2) is 18.6 Å². The lowest BCUT2D eigenvalue weighted by atomic mass is 10.1. The molecule has 0 aliphatic heterocycles. The van der Waals surface area contributed by atoms with E-state index in [-0.39, 0.29) is 12.7 Å². The molecule has 0 bridgehead atoms. The molecular formula is C10H7F6NO2. The van der Waals surface area contributed by atoms with Crippen LogP contribution in [-0.4, -0.2) is 17.6 Å². The fourth-order valence-electron chi connectivity index (χ4n) is 1.26. The predicted octanol–water partition coefficient (Wildman–Crippen LogP) is 3.35. The Morgan fingerprint density at radius 1 is 1.42 bits per heavy atom. The Morgan fingerprint density at radius 3 is 2.42 bits per heavy atom. The molecule has 1 rings (SSSR count). The second-order valence-corrected chi connectivity index (χ2v) is 3.28. The summed E-state index contributed by atoms with van der Waals surface area (Å²) < 4.78 is 79.7. The van der Waals surface area contributed by atoms with E-state index in [1.807, 2.05) is 0 Å². The summed E-state index contributed by atoms with van der Waals surface area (Å²) in [4.78, 5) is 13.7. The Labute approximate surface area is 103 Å². The van der Waals surface area contributed by atoms with Crippen LogP contribution in [0.25, 0.3) is 0 Å². The van der Waals surface area contributed by atoms with Crippen molar-refractivity contribution in [3.05, 3.63) is 28.8 Å². The number of aromatic nitrogens is 1. The topological polar surface area (TPSA) is 39.2 Å². The summed E-state index contributed by atoms with van der Waals surface area (Å²) in [5.74, 6) is -3.43. The zero-order valence-electron chi connectivity index (χ0n) is 9.39. The van der Waals surface area contributed by atoms with Gasteiger partial charge in [-0.05, 0) is 13.0 Å². The Bertz CT molecular complexity index is 486. The van der Waals surface area contributed by atoms with Crippen molar-refractivity contribution in [3.8, 4) is 0 Å². The van der Waals surface area contributed by atoms with Gasteiger partial charge in [0.05, 0.1) is 6.61 Å². The molecule has 1 heterocycles. The molecule has 1 aromatic rings. The first-order valence-corrected chi connectivity index (χ1v) is 4.91. The average molecular weight is 287 g/mol. The van der Waals surface area contributed by atoms with Crippen molar-refractivity contribution in [3.63, 3.8) is 0 Å². The maximum Gasteiger partial charge on any atom is 0.433 e. The standard InChI is InChI=1S/C10H7F6NO2/c1-2-19-9(18)6-4(7(11)12)3-5(10(14,15)16)17-8(6)13/h3,7H,2H2,1H3. The maximum absolute atomic E-state index is 13.3. The fraction of sp³-hybridized carbons (Fsp3) is 0.400. The SMILES string of the molecule is CCOC(=O)c1c(C(F)F)cc(C(F)(F)F)nc1F. The normalized spacial score (nSPS) is 11.8. The molecule has 0 fully saturated rings. The van der Waals surface area contributed by atoms with Crippen LogP contribution in [0.15, 0.2) is 6.07 Å². The van der Waals surface area contributed by atoms with Gasteiger partial charge in [0.25, 0.3) is 6.43 Å². The van der Waals surface area contributed by atoms with Crippen molar-refractivity contribution < 1.29 is 35.9 Å². The number of ether oxygens (including phenoxy) is 1. The molecule has 0 aromatic carbocycles. The van der Waals surface area contributed by atoms with Gasteiger partial charge in [-0.1, -0.05) is 0 Å². The molecule has 0 saturated carbocycles. The highest BCUT2D eigenvalue weighted by atomic mass is 19.4. The fourth-order valence-corrected chi connectivity index (χ4v) is 1.26. The first-order chi connectivity index (χ1) is 8.68. The summed E-state index contributed by atoms with van der Waals surface area (Å²) >= 11 is 0. The first kappa shape index (κ1) is 15.3. The number of alkyl halides is 5. The molecule has 0 N–H and O–H groups in total. The van der Waals surface area contributed by atoms with Gasteiger partial charge in [-0.2, -0.15) is 17.6 Å². The van der Waals surface area contributed by atoms with Gasteiger partial charge in [-0.15, -0.1) is 0 Å². The smallest absolute Gasteiger partial charge is 0.433 e. The zero-order valence-corrected chi connectivity index (χ0v) is 9.39. The molecule has 0 atom stereocenters. The molecule has 0 aliphatic rings. The average Bonchev–Trinajstić information content (AvgIpc) is 2.26.